The molecule has 0 atom stereocenters. The average molecular weight is 420 g/mol. The van der Waals surface area contributed by atoms with Crippen LogP contribution in [0.3, 0.4) is 0 Å². The summed E-state index contributed by atoms with van der Waals surface area (Å²) in [5, 5.41) is 0.979. The summed E-state index contributed by atoms with van der Waals surface area (Å²) in [5.41, 5.74) is 0.770. The number of thiazole rings is 1. The van der Waals surface area contributed by atoms with E-state index in [1.54, 1.807) is 35.2 Å². The molecule has 4 rings (SSSR count). The van der Waals surface area contributed by atoms with Gasteiger partial charge >= 0.3 is 0 Å². The largest absolute Gasteiger partial charge is 0.379 e. The number of carbonyl (C=O) groups excluding carboxylic acids is 1. The van der Waals surface area contributed by atoms with Crippen LogP contribution in [-0.4, -0.2) is 55.2 Å². The van der Waals surface area contributed by atoms with Crippen molar-refractivity contribution in [2.75, 3.05) is 44.3 Å². The lowest BCUT2D eigenvalue weighted by atomic mass is 10.2. The van der Waals surface area contributed by atoms with E-state index in [4.69, 9.17) is 16.3 Å². The summed E-state index contributed by atoms with van der Waals surface area (Å²) in [6.07, 6.45) is 0. The van der Waals surface area contributed by atoms with Crippen molar-refractivity contribution in [2.24, 2.45) is 0 Å². The second kappa shape index (κ2) is 8.53. The lowest BCUT2D eigenvalue weighted by molar-refractivity contribution is 0.0391. The second-order valence-electron chi connectivity index (χ2n) is 6.50. The number of rotatable bonds is 5. The van der Waals surface area contributed by atoms with Gasteiger partial charge in [0.05, 0.1) is 17.9 Å². The fraction of sp³-hybridized carbons (Fsp3) is 0.300. The molecule has 28 heavy (non-hydrogen) atoms. The van der Waals surface area contributed by atoms with Crippen LogP contribution in [-0.2, 0) is 4.74 Å². The Balaban J connectivity index is 1.65. The predicted octanol–water partition coefficient (Wildman–Crippen LogP) is 4.07. The molecule has 3 aromatic rings. The molecule has 1 fully saturated rings. The normalized spacial score (nSPS) is 15.1. The van der Waals surface area contributed by atoms with Crippen LogP contribution >= 0.6 is 22.9 Å². The van der Waals surface area contributed by atoms with Crippen LogP contribution in [0.1, 0.15) is 10.4 Å². The summed E-state index contributed by atoms with van der Waals surface area (Å²) in [5.74, 6) is -0.585. The van der Waals surface area contributed by atoms with Crippen LogP contribution < -0.4 is 4.90 Å². The summed E-state index contributed by atoms with van der Waals surface area (Å²) in [6, 6.07) is 11.7. The summed E-state index contributed by atoms with van der Waals surface area (Å²) in [6.45, 7) is 4.17. The molecule has 2 aromatic carbocycles. The number of ether oxygens (including phenoxy) is 1. The summed E-state index contributed by atoms with van der Waals surface area (Å²) >= 11 is 7.38. The molecule has 0 bridgehead atoms. The van der Waals surface area contributed by atoms with Crippen molar-refractivity contribution in [2.45, 2.75) is 0 Å². The minimum Gasteiger partial charge on any atom is -0.379 e. The highest BCUT2D eigenvalue weighted by atomic mass is 35.5. The highest BCUT2D eigenvalue weighted by Crippen LogP contribution is 2.31. The van der Waals surface area contributed by atoms with Crippen molar-refractivity contribution in [3.05, 3.63) is 58.9 Å². The number of hydrogen-bond donors (Lipinski definition) is 0. The third-order valence-corrected chi connectivity index (χ3v) is 5.93. The van der Waals surface area contributed by atoms with Gasteiger partial charge in [-0.05, 0) is 30.3 Å². The number of para-hydroxylation sites is 1. The fourth-order valence-corrected chi connectivity index (χ4v) is 4.34. The highest BCUT2D eigenvalue weighted by Gasteiger charge is 2.23. The molecule has 1 aliphatic rings. The Kier molecular flexibility index (Phi) is 5.87. The van der Waals surface area contributed by atoms with Gasteiger partial charge in [0, 0.05) is 36.8 Å². The first-order chi connectivity index (χ1) is 13.6. The monoisotopic (exact) mass is 419 g/mol. The SMILES string of the molecule is O=C(c1cccc(Cl)c1)N(CCN1CCOCC1)c1nc2c(F)cccc2s1. The first kappa shape index (κ1) is 19.3. The van der Waals surface area contributed by atoms with Crippen molar-refractivity contribution in [3.8, 4) is 0 Å². The summed E-state index contributed by atoms with van der Waals surface area (Å²) in [4.78, 5) is 21.5. The first-order valence-corrected chi connectivity index (χ1v) is 10.2. The Labute approximate surface area is 171 Å². The van der Waals surface area contributed by atoms with Gasteiger partial charge in [-0.15, -0.1) is 0 Å². The lowest BCUT2D eigenvalue weighted by Gasteiger charge is -2.29. The number of halogens is 2. The third kappa shape index (κ3) is 4.17. The number of fused-ring (bicyclic) bond motifs is 1. The molecular formula is C20H19ClFN3O2S. The van der Waals surface area contributed by atoms with Gasteiger partial charge in [-0.3, -0.25) is 14.6 Å². The molecule has 5 nitrogen and oxygen atoms in total. The van der Waals surface area contributed by atoms with Crippen LogP contribution in [0.15, 0.2) is 42.5 Å². The molecule has 0 N–H and O–H groups in total. The van der Waals surface area contributed by atoms with E-state index in [9.17, 15) is 9.18 Å². The predicted molar refractivity (Wildman–Crippen MR) is 110 cm³/mol. The molecule has 1 aliphatic heterocycles. The smallest absolute Gasteiger partial charge is 0.260 e. The maximum Gasteiger partial charge on any atom is 0.260 e. The maximum absolute atomic E-state index is 14.1. The zero-order valence-electron chi connectivity index (χ0n) is 15.1. The van der Waals surface area contributed by atoms with Crippen molar-refractivity contribution in [3.63, 3.8) is 0 Å². The molecule has 0 radical (unpaired) electrons. The van der Waals surface area contributed by atoms with Gasteiger partial charge in [0.25, 0.3) is 5.91 Å². The Hall–Kier alpha value is -2.06. The van der Waals surface area contributed by atoms with Crippen LogP contribution in [0.2, 0.25) is 5.02 Å². The Morgan fingerprint density at radius 2 is 2.04 bits per heavy atom. The molecule has 8 heteroatoms. The molecular weight excluding hydrogens is 401 g/mol. The summed E-state index contributed by atoms with van der Waals surface area (Å²) < 4.78 is 20.2. The standard InChI is InChI=1S/C20H19ClFN3O2S/c21-15-4-1-3-14(13-15)19(26)25(8-7-24-9-11-27-12-10-24)20-23-18-16(22)5-2-6-17(18)28-20/h1-6,13H,7-12H2. The van der Waals surface area contributed by atoms with Gasteiger partial charge in [-0.2, -0.15) is 0 Å². The van der Waals surface area contributed by atoms with E-state index < -0.39 is 0 Å². The first-order valence-electron chi connectivity index (χ1n) is 9.04. The number of amides is 1. The van der Waals surface area contributed by atoms with Crippen molar-refractivity contribution in [1.82, 2.24) is 9.88 Å². The van der Waals surface area contributed by atoms with Crippen LogP contribution in [0.5, 0.6) is 0 Å². The van der Waals surface area contributed by atoms with Gasteiger partial charge in [-0.1, -0.05) is 35.1 Å². The van der Waals surface area contributed by atoms with E-state index in [0.717, 1.165) is 13.1 Å². The van der Waals surface area contributed by atoms with Crippen molar-refractivity contribution >= 4 is 44.2 Å². The number of benzene rings is 2. The average Bonchev–Trinajstić information content (AvgIpc) is 3.14. The van der Waals surface area contributed by atoms with Gasteiger partial charge < -0.3 is 4.74 Å². The zero-order chi connectivity index (χ0) is 19.5. The number of hydrogen-bond acceptors (Lipinski definition) is 5. The highest BCUT2D eigenvalue weighted by molar-refractivity contribution is 7.22. The quantitative estimate of drug-likeness (QED) is 0.625. The van der Waals surface area contributed by atoms with Crippen molar-refractivity contribution < 1.29 is 13.9 Å². The molecule has 2 heterocycles. The molecule has 0 spiro atoms. The van der Waals surface area contributed by atoms with Crippen molar-refractivity contribution in [1.29, 1.82) is 0 Å². The Bertz CT molecular complexity index is 990. The van der Waals surface area contributed by atoms with Crippen LogP contribution in [0, 0.1) is 5.82 Å². The van der Waals surface area contributed by atoms with Gasteiger partial charge in [0.15, 0.2) is 5.13 Å². The topological polar surface area (TPSA) is 45.7 Å². The molecule has 1 amide bonds. The number of aromatic nitrogens is 1. The van der Waals surface area contributed by atoms with Crippen LogP contribution in [0.25, 0.3) is 10.2 Å². The van der Waals surface area contributed by atoms with E-state index in [1.807, 2.05) is 6.07 Å². The van der Waals surface area contributed by atoms with Gasteiger partial charge in [0.2, 0.25) is 0 Å². The second-order valence-corrected chi connectivity index (χ2v) is 7.95. The van der Waals surface area contributed by atoms with E-state index in [0.29, 0.717) is 46.7 Å². The van der Waals surface area contributed by atoms with Gasteiger partial charge in [-0.25, -0.2) is 9.37 Å². The summed E-state index contributed by atoms with van der Waals surface area (Å²) in [7, 11) is 0. The number of anilines is 1. The van der Waals surface area contributed by atoms with Crippen LogP contribution in [0.4, 0.5) is 9.52 Å². The molecule has 146 valence electrons. The van der Waals surface area contributed by atoms with E-state index in [1.165, 1.54) is 17.4 Å². The Morgan fingerprint density at radius 3 is 2.79 bits per heavy atom. The molecule has 1 aromatic heterocycles. The zero-order valence-corrected chi connectivity index (χ0v) is 16.7. The molecule has 1 saturated heterocycles. The molecule has 0 saturated carbocycles. The molecule has 0 aliphatic carbocycles. The fourth-order valence-electron chi connectivity index (χ4n) is 3.15. The molecule has 0 unspecified atom stereocenters. The van der Waals surface area contributed by atoms with E-state index in [2.05, 4.69) is 9.88 Å². The van der Waals surface area contributed by atoms with Gasteiger partial charge in [0.1, 0.15) is 11.3 Å². The minimum atomic E-state index is -0.386. The number of nitrogens with zero attached hydrogens (tertiary/aromatic N) is 3. The third-order valence-electron chi connectivity index (χ3n) is 4.65. The minimum absolute atomic E-state index is 0.199. The van der Waals surface area contributed by atoms with E-state index >= 15 is 0 Å². The maximum atomic E-state index is 14.1. The Morgan fingerprint density at radius 1 is 1.25 bits per heavy atom. The van der Waals surface area contributed by atoms with E-state index in [-0.39, 0.29) is 17.2 Å². The lowest BCUT2D eigenvalue weighted by Crippen LogP contribution is -2.43. The number of morpholine rings is 1. The number of carbonyl (C=O) groups is 1.